The van der Waals surface area contributed by atoms with Crippen LogP contribution in [0.2, 0.25) is 0 Å². The maximum absolute atomic E-state index is 12.4. The predicted molar refractivity (Wildman–Crippen MR) is 59.3 cm³/mol. The highest BCUT2D eigenvalue weighted by atomic mass is 19.3. The summed E-state index contributed by atoms with van der Waals surface area (Å²) in [4.78, 5) is 0. The van der Waals surface area contributed by atoms with Crippen LogP contribution in [-0.4, -0.2) is 18.5 Å². The Morgan fingerprint density at radius 3 is 2.00 bits per heavy atom. The molecule has 1 rings (SSSR count). The molecule has 1 aliphatic rings. The Morgan fingerprint density at radius 1 is 1.00 bits per heavy atom. The van der Waals surface area contributed by atoms with E-state index in [1.54, 1.807) is 6.92 Å². The van der Waals surface area contributed by atoms with Gasteiger partial charge in [-0.2, -0.15) is 0 Å². The molecule has 0 aromatic heterocycles. The zero-order chi connectivity index (χ0) is 11.3. The molecule has 0 aromatic rings. The lowest BCUT2D eigenvalue weighted by atomic mass is 9.92. The summed E-state index contributed by atoms with van der Waals surface area (Å²) < 4.78 is 24.7. The number of halogens is 2. The molecule has 0 spiro atoms. The standard InChI is InChI=1S/C12H23F2N/c1-9(15-10(2)12(13)14)11-7-5-3-4-6-8-11/h9-12,15H,3-8H2,1-2H3/t9-,10?/m1/s1. The summed E-state index contributed by atoms with van der Waals surface area (Å²) in [6.45, 7) is 3.62. The lowest BCUT2D eigenvalue weighted by Gasteiger charge is -2.26. The quantitative estimate of drug-likeness (QED) is 0.712. The lowest BCUT2D eigenvalue weighted by molar-refractivity contribution is 0.0949. The molecule has 1 nitrogen and oxygen atoms in total. The van der Waals surface area contributed by atoms with E-state index in [9.17, 15) is 8.78 Å². The van der Waals surface area contributed by atoms with E-state index in [0.29, 0.717) is 5.92 Å². The molecule has 1 fully saturated rings. The minimum Gasteiger partial charge on any atom is -0.306 e. The van der Waals surface area contributed by atoms with Crippen molar-refractivity contribution < 1.29 is 8.78 Å². The van der Waals surface area contributed by atoms with E-state index in [1.165, 1.54) is 38.5 Å². The first kappa shape index (κ1) is 12.9. The van der Waals surface area contributed by atoms with Crippen molar-refractivity contribution in [2.45, 2.75) is 70.9 Å². The molecule has 0 aromatic carbocycles. The van der Waals surface area contributed by atoms with Gasteiger partial charge in [-0.25, -0.2) is 8.78 Å². The second-order valence-corrected chi connectivity index (χ2v) is 4.83. The summed E-state index contributed by atoms with van der Waals surface area (Å²) in [5.41, 5.74) is 0. The van der Waals surface area contributed by atoms with Crippen LogP contribution in [0.3, 0.4) is 0 Å². The van der Waals surface area contributed by atoms with Crippen LogP contribution in [0.25, 0.3) is 0 Å². The van der Waals surface area contributed by atoms with Gasteiger partial charge in [0.05, 0.1) is 6.04 Å². The molecule has 0 saturated heterocycles. The van der Waals surface area contributed by atoms with E-state index in [-0.39, 0.29) is 6.04 Å². The third-order valence-corrected chi connectivity index (χ3v) is 3.51. The maximum atomic E-state index is 12.4. The van der Waals surface area contributed by atoms with Gasteiger partial charge in [-0.1, -0.05) is 25.7 Å². The third-order valence-electron chi connectivity index (χ3n) is 3.51. The van der Waals surface area contributed by atoms with Gasteiger partial charge in [0.2, 0.25) is 0 Å². The second kappa shape index (κ2) is 6.41. The van der Waals surface area contributed by atoms with E-state index in [2.05, 4.69) is 12.2 Å². The summed E-state index contributed by atoms with van der Waals surface area (Å²) in [5, 5.41) is 3.03. The highest BCUT2D eigenvalue weighted by molar-refractivity contribution is 4.78. The number of rotatable bonds is 4. The maximum Gasteiger partial charge on any atom is 0.253 e. The first-order valence-corrected chi connectivity index (χ1v) is 6.15. The van der Waals surface area contributed by atoms with Crippen molar-refractivity contribution in [2.24, 2.45) is 5.92 Å². The summed E-state index contributed by atoms with van der Waals surface area (Å²) in [6, 6.07) is -0.449. The first-order chi connectivity index (χ1) is 7.11. The van der Waals surface area contributed by atoms with E-state index >= 15 is 0 Å². The van der Waals surface area contributed by atoms with Gasteiger partial charge in [-0.15, -0.1) is 0 Å². The van der Waals surface area contributed by atoms with Crippen molar-refractivity contribution >= 4 is 0 Å². The van der Waals surface area contributed by atoms with Gasteiger partial charge in [0, 0.05) is 6.04 Å². The van der Waals surface area contributed by atoms with E-state index < -0.39 is 12.5 Å². The minimum atomic E-state index is -2.25. The third kappa shape index (κ3) is 4.45. The Hall–Kier alpha value is -0.180. The van der Waals surface area contributed by atoms with Gasteiger partial charge in [0.25, 0.3) is 6.43 Å². The molecule has 1 N–H and O–H groups in total. The lowest BCUT2D eigenvalue weighted by Crippen LogP contribution is -2.42. The zero-order valence-electron chi connectivity index (χ0n) is 9.81. The number of alkyl halides is 2. The van der Waals surface area contributed by atoms with Crippen LogP contribution in [0.1, 0.15) is 52.4 Å². The molecule has 0 bridgehead atoms. The molecule has 0 radical (unpaired) electrons. The van der Waals surface area contributed by atoms with Crippen molar-refractivity contribution in [1.82, 2.24) is 5.32 Å². The van der Waals surface area contributed by atoms with E-state index in [0.717, 1.165) is 0 Å². The Labute approximate surface area is 91.6 Å². The van der Waals surface area contributed by atoms with E-state index in [4.69, 9.17) is 0 Å². The van der Waals surface area contributed by atoms with Crippen molar-refractivity contribution in [2.75, 3.05) is 0 Å². The monoisotopic (exact) mass is 219 g/mol. The summed E-state index contributed by atoms with van der Waals surface area (Å²) in [5.74, 6) is 0.591. The van der Waals surface area contributed by atoms with Crippen LogP contribution in [0.4, 0.5) is 8.78 Å². The highest BCUT2D eigenvalue weighted by Gasteiger charge is 2.23. The molecule has 1 saturated carbocycles. The zero-order valence-corrected chi connectivity index (χ0v) is 9.81. The normalized spacial score (nSPS) is 23.8. The predicted octanol–water partition coefficient (Wildman–Crippen LogP) is 3.59. The molecular weight excluding hydrogens is 196 g/mol. The Balaban J connectivity index is 2.33. The molecule has 0 aliphatic heterocycles. The van der Waals surface area contributed by atoms with Crippen molar-refractivity contribution in [1.29, 1.82) is 0 Å². The van der Waals surface area contributed by atoms with Gasteiger partial charge < -0.3 is 5.32 Å². The fourth-order valence-electron chi connectivity index (χ4n) is 2.43. The Bertz CT molecular complexity index is 165. The SMILES string of the molecule is CC(N[C@H](C)C1CCCCCC1)C(F)F. The van der Waals surface area contributed by atoms with Gasteiger partial charge in [0.1, 0.15) is 0 Å². The first-order valence-electron chi connectivity index (χ1n) is 6.15. The second-order valence-electron chi connectivity index (χ2n) is 4.83. The fourth-order valence-corrected chi connectivity index (χ4v) is 2.43. The van der Waals surface area contributed by atoms with Gasteiger partial charge >= 0.3 is 0 Å². The molecular formula is C12H23F2N. The molecule has 15 heavy (non-hydrogen) atoms. The van der Waals surface area contributed by atoms with Crippen LogP contribution in [0, 0.1) is 5.92 Å². The molecule has 0 heterocycles. The molecule has 3 heteroatoms. The molecule has 2 atom stereocenters. The average Bonchev–Trinajstić information content (AvgIpc) is 2.45. The van der Waals surface area contributed by atoms with Crippen molar-refractivity contribution in [3.05, 3.63) is 0 Å². The Morgan fingerprint density at radius 2 is 1.53 bits per heavy atom. The van der Waals surface area contributed by atoms with Crippen molar-refractivity contribution in [3.63, 3.8) is 0 Å². The van der Waals surface area contributed by atoms with Crippen LogP contribution in [0.15, 0.2) is 0 Å². The van der Waals surface area contributed by atoms with Gasteiger partial charge in [-0.05, 0) is 32.6 Å². The fraction of sp³-hybridized carbons (Fsp3) is 1.00. The summed E-state index contributed by atoms with van der Waals surface area (Å²) in [6.07, 6.45) is 5.30. The number of nitrogens with one attached hydrogen (secondary N) is 1. The smallest absolute Gasteiger partial charge is 0.253 e. The van der Waals surface area contributed by atoms with Crippen LogP contribution in [0.5, 0.6) is 0 Å². The largest absolute Gasteiger partial charge is 0.306 e. The van der Waals surface area contributed by atoms with E-state index in [1.807, 2.05) is 0 Å². The molecule has 90 valence electrons. The summed E-state index contributed by atoms with van der Waals surface area (Å²) in [7, 11) is 0. The van der Waals surface area contributed by atoms with Crippen LogP contribution in [-0.2, 0) is 0 Å². The molecule has 1 aliphatic carbocycles. The average molecular weight is 219 g/mol. The highest BCUT2D eigenvalue weighted by Crippen LogP contribution is 2.25. The molecule has 1 unspecified atom stereocenters. The van der Waals surface area contributed by atoms with Crippen LogP contribution >= 0.6 is 0 Å². The number of hydrogen-bond acceptors (Lipinski definition) is 1. The van der Waals surface area contributed by atoms with Gasteiger partial charge in [0.15, 0.2) is 0 Å². The topological polar surface area (TPSA) is 12.0 Å². The van der Waals surface area contributed by atoms with Crippen molar-refractivity contribution in [3.8, 4) is 0 Å². The molecule has 0 amide bonds. The minimum absolute atomic E-state index is 0.229. The Kier molecular flexibility index (Phi) is 5.51. The van der Waals surface area contributed by atoms with Crippen LogP contribution < -0.4 is 5.32 Å². The number of hydrogen-bond donors (Lipinski definition) is 1. The summed E-state index contributed by atoms with van der Waals surface area (Å²) >= 11 is 0. The van der Waals surface area contributed by atoms with Gasteiger partial charge in [-0.3, -0.25) is 0 Å².